The van der Waals surface area contributed by atoms with Gasteiger partial charge in [-0.3, -0.25) is 14.4 Å². The molecule has 1 aromatic heterocycles. The monoisotopic (exact) mass is 361 g/mol. The fourth-order valence-corrected chi connectivity index (χ4v) is 3.73. The second kappa shape index (κ2) is 6.99. The van der Waals surface area contributed by atoms with Crippen LogP contribution in [0.2, 0.25) is 0 Å². The van der Waals surface area contributed by atoms with Crippen molar-refractivity contribution in [2.45, 2.75) is 50.9 Å². The standard InChI is InChI=1S/C17H23N5O4/c1-11(23)14(20-12(2)24)15(25)22-8-3-5-17(22)10-21(16(17)26)9-13-18-6-4-7-19-13/h4,6-7,11,14,23H,3,5,8-10H2,1-2H3,(H,20,24)/t11-,14+,17?/m1/s1. The van der Waals surface area contributed by atoms with Gasteiger partial charge in [0.2, 0.25) is 11.8 Å². The fraction of sp³-hybridized carbons (Fsp3) is 0.588. The summed E-state index contributed by atoms with van der Waals surface area (Å²) in [6, 6.07) is 0.653. The highest BCUT2D eigenvalue weighted by Crippen LogP contribution is 2.39. The molecule has 2 aliphatic rings. The van der Waals surface area contributed by atoms with E-state index in [-0.39, 0.29) is 5.91 Å². The normalized spacial score (nSPS) is 24.3. The van der Waals surface area contributed by atoms with Crippen molar-refractivity contribution in [2.24, 2.45) is 0 Å². The molecule has 9 heteroatoms. The average molecular weight is 361 g/mol. The lowest BCUT2D eigenvalue weighted by molar-refractivity contribution is -0.170. The number of carbonyl (C=O) groups excluding carboxylic acids is 3. The highest BCUT2D eigenvalue weighted by molar-refractivity contribution is 5.99. The Bertz CT molecular complexity index is 710. The van der Waals surface area contributed by atoms with E-state index in [0.29, 0.717) is 38.3 Å². The summed E-state index contributed by atoms with van der Waals surface area (Å²) in [7, 11) is 0. The van der Waals surface area contributed by atoms with Gasteiger partial charge in [0, 0.05) is 25.9 Å². The zero-order valence-electron chi connectivity index (χ0n) is 14.9. The quantitative estimate of drug-likeness (QED) is 0.655. The predicted octanol–water partition coefficient (Wildman–Crippen LogP) is -0.934. The van der Waals surface area contributed by atoms with Crippen molar-refractivity contribution >= 4 is 17.7 Å². The largest absolute Gasteiger partial charge is 0.391 e. The second-order valence-corrected chi connectivity index (χ2v) is 6.87. The Labute approximate surface area is 151 Å². The minimum Gasteiger partial charge on any atom is -0.391 e. The van der Waals surface area contributed by atoms with Crippen LogP contribution in [0, 0.1) is 0 Å². The highest BCUT2D eigenvalue weighted by Gasteiger charge is 2.60. The molecule has 3 rings (SSSR count). The lowest BCUT2D eigenvalue weighted by Crippen LogP contribution is -2.74. The molecule has 1 spiro atoms. The Balaban J connectivity index is 1.73. The third-order valence-electron chi connectivity index (χ3n) is 4.95. The van der Waals surface area contributed by atoms with Crippen molar-refractivity contribution in [3.8, 4) is 0 Å². The van der Waals surface area contributed by atoms with Crippen LogP contribution in [0.1, 0.15) is 32.5 Å². The van der Waals surface area contributed by atoms with Crippen molar-refractivity contribution in [2.75, 3.05) is 13.1 Å². The second-order valence-electron chi connectivity index (χ2n) is 6.87. The number of hydrogen-bond donors (Lipinski definition) is 2. The first-order chi connectivity index (χ1) is 12.3. The number of nitrogens with zero attached hydrogens (tertiary/aromatic N) is 4. The van der Waals surface area contributed by atoms with Crippen molar-refractivity contribution in [1.29, 1.82) is 0 Å². The molecule has 3 amide bonds. The predicted molar refractivity (Wildman–Crippen MR) is 90.4 cm³/mol. The van der Waals surface area contributed by atoms with Crippen LogP contribution in [-0.2, 0) is 20.9 Å². The third-order valence-corrected chi connectivity index (χ3v) is 4.95. The summed E-state index contributed by atoms with van der Waals surface area (Å²) >= 11 is 0. The van der Waals surface area contributed by atoms with E-state index in [1.807, 2.05) is 0 Å². The van der Waals surface area contributed by atoms with E-state index in [2.05, 4.69) is 15.3 Å². The molecule has 3 atom stereocenters. The molecule has 3 heterocycles. The van der Waals surface area contributed by atoms with Crippen LogP contribution in [0.15, 0.2) is 18.5 Å². The molecule has 2 saturated heterocycles. The molecule has 26 heavy (non-hydrogen) atoms. The molecule has 2 N–H and O–H groups in total. The van der Waals surface area contributed by atoms with Crippen LogP contribution in [0.25, 0.3) is 0 Å². The van der Waals surface area contributed by atoms with Crippen molar-refractivity contribution in [3.05, 3.63) is 24.3 Å². The molecule has 0 radical (unpaired) electrons. The number of likely N-dealkylation sites (tertiary alicyclic amines) is 2. The van der Waals surface area contributed by atoms with Gasteiger partial charge in [-0.1, -0.05) is 0 Å². The molecule has 0 saturated carbocycles. The van der Waals surface area contributed by atoms with Gasteiger partial charge in [0.05, 0.1) is 19.2 Å². The first kappa shape index (κ1) is 18.2. The zero-order valence-corrected chi connectivity index (χ0v) is 14.9. The van der Waals surface area contributed by atoms with Gasteiger partial charge in [-0.15, -0.1) is 0 Å². The molecule has 140 valence electrons. The van der Waals surface area contributed by atoms with Crippen molar-refractivity contribution in [3.63, 3.8) is 0 Å². The average Bonchev–Trinajstić information content (AvgIpc) is 3.05. The molecular weight excluding hydrogens is 338 g/mol. The number of aliphatic hydroxyl groups excluding tert-OH is 1. The molecule has 1 unspecified atom stereocenters. The SMILES string of the molecule is CC(=O)N[C@H](C(=O)N1CCCC12CN(Cc1ncccn1)C2=O)[C@@H](C)O. The number of rotatable bonds is 5. The van der Waals surface area contributed by atoms with Crippen LogP contribution >= 0.6 is 0 Å². The Morgan fingerprint density at radius 3 is 2.65 bits per heavy atom. The van der Waals surface area contributed by atoms with E-state index in [9.17, 15) is 19.5 Å². The van der Waals surface area contributed by atoms with Gasteiger partial charge in [0.15, 0.2) is 0 Å². The molecular formula is C17H23N5O4. The van der Waals surface area contributed by atoms with Crippen LogP contribution in [0.4, 0.5) is 0 Å². The first-order valence-electron chi connectivity index (χ1n) is 8.67. The van der Waals surface area contributed by atoms with E-state index < -0.39 is 29.5 Å². The Morgan fingerprint density at radius 1 is 1.38 bits per heavy atom. The molecule has 9 nitrogen and oxygen atoms in total. The van der Waals surface area contributed by atoms with E-state index in [1.54, 1.807) is 23.4 Å². The minimum atomic E-state index is -1.05. The minimum absolute atomic E-state index is 0.136. The molecule has 0 aliphatic carbocycles. The van der Waals surface area contributed by atoms with Gasteiger partial charge in [-0.25, -0.2) is 9.97 Å². The van der Waals surface area contributed by atoms with E-state index in [1.165, 1.54) is 18.7 Å². The van der Waals surface area contributed by atoms with Crippen LogP contribution in [-0.4, -0.2) is 73.4 Å². The highest BCUT2D eigenvalue weighted by atomic mass is 16.3. The van der Waals surface area contributed by atoms with Crippen LogP contribution < -0.4 is 5.32 Å². The number of nitrogens with one attached hydrogen (secondary N) is 1. The molecule has 2 aliphatic heterocycles. The van der Waals surface area contributed by atoms with Gasteiger partial charge in [0.25, 0.3) is 5.91 Å². The van der Waals surface area contributed by atoms with Crippen LogP contribution in [0.3, 0.4) is 0 Å². The molecule has 1 aromatic rings. The number of aromatic nitrogens is 2. The summed E-state index contributed by atoms with van der Waals surface area (Å²) in [5.41, 5.74) is -0.878. The first-order valence-corrected chi connectivity index (χ1v) is 8.67. The maximum Gasteiger partial charge on any atom is 0.250 e. The molecule has 0 aromatic carbocycles. The Kier molecular flexibility index (Phi) is 4.90. The molecule has 0 bridgehead atoms. The number of hydrogen-bond acceptors (Lipinski definition) is 6. The summed E-state index contributed by atoms with van der Waals surface area (Å²) in [5.74, 6) is -0.411. The Morgan fingerprint density at radius 2 is 2.08 bits per heavy atom. The maximum absolute atomic E-state index is 12.9. The number of carbonyl (C=O) groups is 3. The maximum atomic E-state index is 12.9. The van der Waals surface area contributed by atoms with Gasteiger partial charge < -0.3 is 20.2 Å². The summed E-state index contributed by atoms with van der Waals surface area (Å²) in [6.45, 7) is 3.88. The summed E-state index contributed by atoms with van der Waals surface area (Å²) in [5, 5.41) is 12.4. The lowest BCUT2D eigenvalue weighted by atomic mass is 9.85. The third kappa shape index (κ3) is 3.14. The summed E-state index contributed by atoms with van der Waals surface area (Å²) in [6.07, 6.45) is 3.48. The molecule has 2 fully saturated rings. The van der Waals surface area contributed by atoms with Gasteiger partial charge in [0.1, 0.15) is 17.4 Å². The lowest BCUT2D eigenvalue weighted by Gasteiger charge is -2.51. The Hall–Kier alpha value is -2.55. The van der Waals surface area contributed by atoms with Crippen molar-refractivity contribution < 1.29 is 19.5 Å². The van der Waals surface area contributed by atoms with Gasteiger partial charge in [-0.05, 0) is 25.8 Å². The number of aliphatic hydroxyl groups is 1. The summed E-state index contributed by atoms with van der Waals surface area (Å²) < 4.78 is 0. The number of β-lactam (4-membered cyclic amide) rings is 1. The summed E-state index contributed by atoms with van der Waals surface area (Å²) in [4.78, 5) is 48.5. The van der Waals surface area contributed by atoms with E-state index >= 15 is 0 Å². The topological polar surface area (TPSA) is 116 Å². The van der Waals surface area contributed by atoms with Crippen LogP contribution in [0.5, 0.6) is 0 Å². The smallest absolute Gasteiger partial charge is 0.250 e. The van der Waals surface area contributed by atoms with E-state index in [4.69, 9.17) is 0 Å². The van der Waals surface area contributed by atoms with Gasteiger partial charge in [-0.2, -0.15) is 0 Å². The van der Waals surface area contributed by atoms with Gasteiger partial charge >= 0.3 is 0 Å². The zero-order chi connectivity index (χ0) is 18.9. The number of amides is 3. The fourth-order valence-electron chi connectivity index (χ4n) is 3.73. The van der Waals surface area contributed by atoms with Crippen molar-refractivity contribution in [1.82, 2.24) is 25.1 Å². The van der Waals surface area contributed by atoms with E-state index in [0.717, 1.165) is 0 Å².